The van der Waals surface area contributed by atoms with Crippen LogP contribution in [0.4, 0.5) is 4.79 Å². The minimum Gasteiger partial charge on any atom is -0.455 e. The quantitative estimate of drug-likeness (QED) is 0.119. The molecule has 7 rings (SSSR count). The van der Waals surface area contributed by atoms with Gasteiger partial charge in [0.25, 0.3) is 0 Å². The van der Waals surface area contributed by atoms with Gasteiger partial charge in [-0.15, -0.1) is 0 Å². The first-order valence-corrected chi connectivity index (χ1v) is 22.8. The van der Waals surface area contributed by atoms with Gasteiger partial charge in [-0.05, 0) is 75.6 Å². The van der Waals surface area contributed by atoms with Crippen LogP contribution in [0.2, 0.25) is 0 Å². The lowest BCUT2D eigenvalue weighted by atomic mass is 9.44. The molecular formula is C52H59NO16. The Bertz CT molecular complexity index is 2520. The maximum Gasteiger partial charge on any atom is 0.408 e. The summed E-state index contributed by atoms with van der Waals surface area (Å²) in [5.74, 6) is -7.37. The zero-order chi connectivity index (χ0) is 50.4. The number of hydrogen-bond donors (Lipinski definition) is 3. The molecule has 1 amide bonds. The van der Waals surface area contributed by atoms with Crippen LogP contribution in [0.15, 0.2) is 102 Å². The lowest BCUT2D eigenvalue weighted by Crippen LogP contribution is -2.82. The van der Waals surface area contributed by atoms with E-state index in [4.69, 9.17) is 33.2 Å². The van der Waals surface area contributed by atoms with Crippen molar-refractivity contribution >= 4 is 41.7 Å². The first-order valence-electron chi connectivity index (χ1n) is 22.8. The molecule has 368 valence electrons. The van der Waals surface area contributed by atoms with E-state index in [0.717, 1.165) is 13.8 Å². The molecular weight excluding hydrogens is 895 g/mol. The topological polar surface area (TPSA) is 237 Å². The first-order chi connectivity index (χ1) is 32.4. The highest BCUT2D eigenvalue weighted by atomic mass is 16.6. The van der Waals surface area contributed by atoms with Gasteiger partial charge in [-0.1, -0.05) is 80.6 Å². The number of amides is 1. The molecule has 2 unspecified atom stereocenters. The van der Waals surface area contributed by atoms with Crippen LogP contribution in [0.5, 0.6) is 0 Å². The summed E-state index contributed by atoms with van der Waals surface area (Å²) >= 11 is 0. The van der Waals surface area contributed by atoms with E-state index in [-0.39, 0.29) is 35.3 Å². The number of hydrogen-bond acceptors (Lipinski definition) is 16. The van der Waals surface area contributed by atoms with Gasteiger partial charge >= 0.3 is 35.9 Å². The number of esters is 5. The van der Waals surface area contributed by atoms with Crippen LogP contribution in [0.1, 0.15) is 107 Å². The van der Waals surface area contributed by atoms with Crippen molar-refractivity contribution in [3.8, 4) is 0 Å². The van der Waals surface area contributed by atoms with Crippen molar-refractivity contribution in [2.45, 2.75) is 135 Å². The van der Waals surface area contributed by atoms with Crippen LogP contribution in [0.25, 0.3) is 0 Å². The second-order valence-corrected chi connectivity index (χ2v) is 19.9. The predicted molar refractivity (Wildman–Crippen MR) is 243 cm³/mol. The summed E-state index contributed by atoms with van der Waals surface area (Å²) in [6.45, 7) is 12.8. The maximum absolute atomic E-state index is 15.7. The fraction of sp³-hybridized carbons (Fsp3) is 0.481. The molecule has 0 radical (unpaired) electrons. The van der Waals surface area contributed by atoms with Gasteiger partial charge in [-0.3, -0.25) is 14.4 Å². The lowest BCUT2D eigenvalue weighted by molar-refractivity contribution is -0.346. The van der Waals surface area contributed by atoms with E-state index in [0.29, 0.717) is 5.56 Å². The van der Waals surface area contributed by atoms with E-state index < -0.39 is 124 Å². The third kappa shape index (κ3) is 9.26. The normalized spacial score (nSPS) is 29.9. The molecule has 3 N–H and O–H groups in total. The summed E-state index contributed by atoms with van der Waals surface area (Å²) in [6, 6.07) is 22.3. The summed E-state index contributed by atoms with van der Waals surface area (Å²) < 4.78 is 42.3. The molecule has 4 aliphatic rings. The first kappa shape index (κ1) is 50.4. The Labute approximate surface area is 399 Å². The number of aliphatic hydroxyl groups is 2. The summed E-state index contributed by atoms with van der Waals surface area (Å²) in [7, 11) is 0. The zero-order valence-electron chi connectivity index (χ0n) is 40.0. The highest BCUT2D eigenvalue weighted by Crippen LogP contribution is 2.64. The van der Waals surface area contributed by atoms with Crippen molar-refractivity contribution in [1.82, 2.24) is 5.32 Å². The Morgan fingerprint density at radius 3 is 1.88 bits per heavy atom. The number of rotatable bonds is 11. The molecule has 0 aromatic heterocycles. The number of alkyl carbamates (subject to hydrolysis) is 1. The molecule has 17 nitrogen and oxygen atoms in total. The molecule has 3 fully saturated rings. The average molecular weight is 954 g/mol. The number of nitrogens with one attached hydrogen (secondary N) is 1. The van der Waals surface area contributed by atoms with Gasteiger partial charge in [0.1, 0.15) is 35.6 Å². The number of fused-ring (bicyclic) bond motifs is 5. The molecule has 2 bridgehead atoms. The van der Waals surface area contributed by atoms with Gasteiger partial charge in [0.2, 0.25) is 6.10 Å². The van der Waals surface area contributed by atoms with Gasteiger partial charge in [-0.2, -0.15) is 0 Å². The maximum atomic E-state index is 15.7. The molecule has 3 aromatic rings. The van der Waals surface area contributed by atoms with Crippen LogP contribution in [0.3, 0.4) is 0 Å². The highest BCUT2D eigenvalue weighted by molar-refractivity contribution is 5.96. The molecule has 3 aliphatic carbocycles. The second kappa shape index (κ2) is 18.8. The Balaban J connectivity index is 1.43. The number of Topliss-reactive ketones (excluding diaryl/α,β-unsaturated/α-hetero) is 1. The van der Waals surface area contributed by atoms with E-state index in [1.165, 1.54) is 38.1 Å². The Morgan fingerprint density at radius 2 is 1.36 bits per heavy atom. The fourth-order valence-corrected chi connectivity index (χ4v) is 10.7. The Kier molecular flexibility index (Phi) is 13.8. The van der Waals surface area contributed by atoms with Gasteiger partial charge in [0.15, 0.2) is 17.5 Å². The van der Waals surface area contributed by atoms with Crippen molar-refractivity contribution in [2.75, 3.05) is 6.61 Å². The number of benzene rings is 3. The van der Waals surface area contributed by atoms with Crippen molar-refractivity contribution in [2.24, 2.45) is 16.7 Å². The predicted octanol–water partition coefficient (Wildman–Crippen LogP) is 5.70. The van der Waals surface area contributed by atoms with Crippen LogP contribution < -0.4 is 5.32 Å². The van der Waals surface area contributed by atoms with Crippen molar-refractivity contribution in [3.63, 3.8) is 0 Å². The number of ether oxygens (including phenoxy) is 7. The van der Waals surface area contributed by atoms with Crippen molar-refractivity contribution < 1.29 is 76.9 Å². The third-order valence-corrected chi connectivity index (χ3v) is 14.1. The number of aliphatic hydroxyl groups excluding tert-OH is 1. The molecule has 69 heavy (non-hydrogen) atoms. The van der Waals surface area contributed by atoms with Crippen LogP contribution in [0, 0.1) is 16.7 Å². The largest absolute Gasteiger partial charge is 0.455 e. The molecule has 3 aromatic carbocycles. The Morgan fingerprint density at radius 1 is 0.797 bits per heavy atom. The van der Waals surface area contributed by atoms with E-state index >= 15 is 9.59 Å². The van der Waals surface area contributed by atoms with E-state index in [1.54, 1.807) is 101 Å². The molecule has 2 saturated carbocycles. The third-order valence-electron chi connectivity index (χ3n) is 14.1. The zero-order valence-corrected chi connectivity index (χ0v) is 40.0. The van der Waals surface area contributed by atoms with Crippen molar-refractivity contribution in [1.29, 1.82) is 0 Å². The number of carbonyl (C=O) groups excluding carboxylic acids is 7. The minimum absolute atomic E-state index is 0.0419. The monoisotopic (exact) mass is 953 g/mol. The van der Waals surface area contributed by atoms with E-state index in [2.05, 4.69) is 5.32 Å². The number of ketones is 1. The van der Waals surface area contributed by atoms with Gasteiger partial charge < -0.3 is 48.7 Å². The van der Waals surface area contributed by atoms with Crippen LogP contribution in [-0.4, -0.2) is 112 Å². The van der Waals surface area contributed by atoms with Gasteiger partial charge in [-0.25, -0.2) is 19.2 Å². The highest BCUT2D eigenvalue weighted by Gasteiger charge is 2.78. The average Bonchev–Trinajstić information content (AvgIpc) is 3.28. The minimum atomic E-state index is -2.46. The van der Waals surface area contributed by atoms with E-state index in [1.807, 2.05) is 0 Å². The SMILES string of the molecule is CC(=O)O[C@H]1C(=O)[C@@]2(C)C([C@@H](OC(=O)c3ccccc3)[C@]3(O)C[C@@H](OC(=O)[C@@H](OC(=O)c4ccccc4)[C@@H](NC(=O)OC(C)(C)C)c4ccccc4)C(C)=C1C3(C)C)C1(OC(C)=O)CO[C@@H]1C[C@@H]2O. The molecule has 17 heteroatoms. The molecule has 1 saturated heterocycles. The summed E-state index contributed by atoms with van der Waals surface area (Å²) in [5.41, 5.74) is -8.61. The molecule has 1 heterocycles. The standard InChI is InChI=1S/C52H59NO16/c1-28-34(65-46(60)40(66-44(58)32-21-15-11-16-22-32)38(31-19-13-10-14-20-31)53-47(61)69-48(4,5)6)26-52(62)43(67-45(59)33-23-17-12-18-24-33)41-50(9,35(56)25-36-51(41,27-63-36)68-30(3)55)42(57)39(64-29(2)54)37(28)49(52,7)8/h10-24,34-36,38-41,43,56,62H,25-27H2,1-9H3,(H,53,61)/t34-,35+,36-,38+,39-,40+,41?,43-,50-,51?,52-/m1/s1. The molecule has 11 atom stereocenters. The summed E-state index contributed by atoms with van der Waals surface area (Å²) in [5, 5.41) is 28.8. The molecule has 1 aliphatic heterocycles. The Hall–Kier alpha value is -6.43. The lowest BCUT2D eigenvalue weighted by Gasteiger charge is -2.67. The van der Waals surface area contributed by atoms with Crippen molar-refractivity contribution in [3.05, 3.63) is 119 Å². The number of carbonyl (C=O) groups is 7. The molecule has 0 spiro atoms. The smallest absolute Gasteiger partial charge is 0.408 e. The van der Waals surface area contributed by atoms with Crippen LogP contribution >= 0.6 is 0 Å². The fourth-order valence-electron chi connectivity index (χ4n) is 10.7. The van der Waals surface area contributed by atoms with Crippen LogP contribution in [-0.2, 0) is 52.3 Å². The summed E-state index contributed by atoms with van der Waals surface area (Å²) in [4.78, 5) is 99.0. The van der Waals surface area contributed by atoms with E-state index in [9.17, 15) is 34.2 Å². The van der Waals surface area contributed by atoms with Gasteiger partial charge in [0.05, 0.1) is 35.2 Å². The van der Waals surface area contributed by atoms with Gasteiger partial charge in [0, 0.05) is 32.1 Å². The summed E-state index contributed by atoms with van der Waals surface area (Å²) in [6.07, 6.45) is -11.8. The second-order valence-electron chi connectivity index (χ2n) is 19.9.